The maximum atomic E-state index is 12.1. The van der Waals surface area contributed by atoms with Crippen molar-refractivity contribution in [1.82, 2.24) is 0 Å². The van der Waals surface area contributed by atoms with E-state index < -0.39 is 5.91 Å². The summed E-state index contributed by atoms with van der Waals surface area (Å²) in [5.74, 6) is -0.520. The molecule has 0 aromatic heterocycles. The molecule has 0 saturated heterocycles. The van der Waals surface area contributed by atoms with Crippen molar-refractivity contribution in [2.75, 3.05) is 16.4 Å². The highest BCUT2D eigenvalue weighted by molar-refractivity contribution is 9.10. The van der Waals surface area contributed by atoms with Crippen LogP contribution in [-0.4, -0.2) is 5.91 Å². The summed E-state index contributed by atoms with van der Waals surface area (Å²) < 4.78 is 0.895. The molecule has 0 atom stereocenters. The molecule has 2 aromatic rings. The number of carbonyl (C=O) groups is 1. The fraction of sp³-hybridized carbons (Fsp3) is 0. The molecule has 7 heteroatoms. The Morgan fingerprint density at radius 1 is 1.26 bits per heavy atom. The Hall–Kier alpha value is -2.49. The van der Waals surface area contributed by atoms with Gasteiger partial charge in [-0.15, -0.1) is 0 Å². The third-order valence-electron chi connectivity index (χ3n) is 2.83. The SMILES string of the molecule is N#C/C(=C/Nc1ccc(N)cc1Cl)C(=O)Nc1ccc(Br)cc1. The molecule has 0 bridgehead atoms. The second kappa shape index (κ2) is 7.68. The van der Waals surface area contributed by atoms with Gasteiger partial charge in [-0.3, -0.25) is 4.79 Å². The summed E-state index contributed by atoms with van der Waals surface area (Å²) in [6.45, 7) is 0. The summed E-state index contributed by atoms with van der Waals surface area (Å²) >= 11 is 9.33. The van der Waals surface area contributed by atoms with Crippen LogP contribution in [0.15, 0.2) is 58.7 Å². The maximum absolute atomic E-state index is 12.1. The van der Waals surface area contributed by atoms with Gasteiger partial charge in [-0.2, -0.15) is 5.26 Å². The molecule has 0 aliphatic carbocycles. The first-order valence-corrected chi connectivity index (χ1v) is 7.65. The van der Waals surface area contributed by atoms with Crippen LogP contribution in [0, 0.1) is 11.3 Å². The predicted octanol–water partition coefficient (Wildman–Crippen LogP) is 4.14. The first kappa shape index (κ1) is 16.9. The Bertz CT molecular complexity index is 797. The maximum Gasteiger partial charge on any atom is 0.267 e. The van der Waals surface area contributed by atoms with Gasteiger partial charge in [0, 0.05) is 22.0 Å². The normalized spacial score (nSPS) is 10.7. The quantitative estimate of drug-likeness (QED) is 0.415. The third-order valence-corrected chi connectivity index (χ3v) is 3.67. The lowest BCUT2D eigenvalue weighted by molar-refractivity contribution is -0.112. The van der Waals surface area contributed by atoms with Crippen LogP contribution < -0.4 is 16.4 Å². The molecule has 23 heavy (non-hydrogen) atoms. The number of benzene rings is 2. The van der Waals surface area contributed by atoms with Crippen LogP contribution in [-0.2, 0) is 4.79 Å². The van der Waals surface area contributed by atoms with Gasteiger partial charge in [-0.05, 0) is 42.5 Å². The van der Waals surface area contributed by atoms with Crippen molar-refractivity contribution in [2.45, 2.75) is 0 Å². The first-order chi connectivity index (χ1) is 11.0. The van der Waals surface area contributed by atoms with Crippen LogP contribution in [0.1, 0.15) is 0 Å². The average Bonchev–Trinajstić information content (AvgIpc) is 2.52. The molecule has 0 heterocycles. The van der Waals surface area contributed by atoms with E-state index >= 15 is 0 Å². The lowest BCUT2D eigenvalue weighted by Crippen LogP contribution is -2.14. The Balaban J connectivity index is 2.10. The number of anilines is 3. The van der Waals surface area contributed by atoms with Gasteiger partial charge in [0.2, 0.25) is 0 Å². The smallest absolute Gasteiger partial charge is 0.267 e. The van der Waals surface area contributed by atoms with Crippen molar-refractivity contribution >= 4 is 50.5 Å². The summed E-state index contributed by atoms with van der Waals surface area (Å²) in [6, 6.07) is 13.8. The molecule has 0 radical (unpaired) electrons. The summed E-state index contributed by atoms with van der Waals surface area (Å²) in [6.07, 6.45) is 1.30. The van der Waals surface area contributed by atoms with E-state index in [0.29, 0.717) is 22.1 Å². The molecular weight excluding hydrogens is 380 g/mol. The number of nitrogens with zero attached hydrogens (tertiary/aromatic N) is 1. The van der Waals surface area contributed by atoms with Crippen LogP contribution in [0.2, 0.25) is 5.02 Å². The molecule has 116 valence electrons. The van der Waals surface area contributed by atoms with Gasteiger partial charge in [0.1, 0.15) is 11.6 Å². The van der Waals surface area contributed by atoms with Gasteiger partial charge >= 0.3 is 0 Å². The second-order valence-electron chi connectivity index (χ2n) is 4.51. The van der Waals surface area contributed by atoms with Gasteiger partial charge in [0.05, 0.1) is 10.7 Å². The summed E-state index contributed by atoms with van der Waals surface area (Å²) in [5.41, 5.74) is 7.18. The van der Waals surface area contributed by atoms with Gasteiger partial charge in [0.25, 0.3) is 5.91 Å². The van der Waals surface area contributed by atoms with Crippen molar-refractivity contribution in [1.29, 1.82) is 5.26 Å². The van der Waals surface area contributed by atoms with Gasteiger partial charge < -0.3 is 16.4 Å². The molecule has 0 unspecified atom stereocenters. The van der Waals surface area contributed by atoms with Gasteiger partial charge in [0.15, 0.2) is 0 Å². The predicted molar refractivity (Wildman–Crippen MR) is 96.0 cm³/mol. The van der Waals surface area contributed by atoms with E-state index in [4.69, 9.17) is 22.6 Å². The number of hydrogen-bond acceptors (Lipinski definition) is 4. The number of carbonyl (C=O) groups excluding carboxylic acids is 1. The Kier molecular flexibility index (Phi) is 5.63. The van der Waals surface area contributed by atoms with Crippen LogP contribution >= 0.6 is 27.5 Å². The number of hydrogen-bond donors (Lipinski definition) is 3. The van der Waals surface area contributed by atoms with E-state index in [1.807, 2.05) is 6.07 Å². The van der Waals surface area contributed by atoms with Crippen LogP contribution in [0.3, 0.4) is 0 Å². The number of nitrogens with one attached hydrogen (secondary N) is 2. The largest absolute Gasteiger partial charge is 0.399 e. The number of nitriles is 1. The van der Waals surface area contributed by atoms with E-state index in [9.17, 15) is 4.79 Å². The minimum Gasteiger partial charge on any atom is -0.399 e. The molecule has 0 spiro atoms. The molecule has 4 N–H and O–H groups in total. The van der Waals surface area contributed by atoms with E-state index in [-0.39, 0.29) is 5.57 Å². The number of nitrogen functional groups attached to an aromatic ring is 1. The molecule has 0 fully saturated rings. The number of halogens is 2. The molecule has 0 aliphatic rings. The highest BCUT2D eigenvalue weighted by Crippen LogP contribution is 2.24. The van der Waals surface area contributed by atoms with E-state index in [1.54, 1.807) is 42.5 Å². The van der Waals surface area contributed by atoms with E-state index in [0.717, 1.165) is 4.47 Å². The van der Waals surface area contributed by atoms with Crippen LogP contribution in [0.5, 0.6) is 0 Å². The minimum absolute atomic E-state index is 0.0826. The van der Waals surface area contributed by atoms with Crippen molar-refractivity contribution in [2.24, 2.45) is 0 Å². The number of amides is 1. The van der Waals surface area contributed by atoms with Crippen molar-refractivity contribution in [3.05, 3.63) is 63.7 Å². The zero-order chi connectivity index (χ0) is 16.8. The molecular formula is C16H12BrClN4O. The third kappa shape index (κ3) is 4.74. The number of nitrogens with two attached hydrogens (primary N) is 1. The summed E-state index contributed by atoms with van der Waals surface area (Å²) in [5, 5.41) is 15.0. The van der Waals surface area contributed by atoms with Crippen molar-refractivity contribution in [3.63, 3.8) is 0 Å². The average molecular weight is 392 g/mol. The standard InChI is InChI=1S/C16H12BrClN4O/c17-11-1-4-13(5-2-11)22-16(23)10(8-19)9-21-15-6-3-12(20)7-14(15)18/h1-7,9,21H,20H2,(H,22,23)/b10-9-. The Labute approximate surface area is 146 Å². The van der Waals surface area contributed by atoms with Gasteiger partial charge in [-0.1, -0.05) is 27.5 Å². The Morgan fingerprint density at radius 3 is 2.57 bits per heavy atom. The zero-order valence-electron chi connectivity index (χ0n) is 11.8. The van der Waals surface area contributed by atoms with E-state index in [1.165, 1.54) is 6.20 Å². The van der Waals surface area contributed by atoms with Crippen LogP contribution in [0.4, 0.5) is 17.1 Å². The van der Waals surface area contributed by atoms with Crippen molar-refractivity contribution < 1.29 is 4.79 Å². The topological polar surface area (TPSA) is 90.9 Å². The fourth-order valence-electron chi connectivity index (χ4n) is 1.68. The highest BCUT2D eigenvalue weighted by Gasteiger charge is 2.09. The minimum atomic E-state index is -0.520. The lowest BCUT2D eigenvalue weighted by atomic mass is 10.2. The monoisotopic (exact) mass is 390 g/mol. The fourth-order valence-corrected chi connectivity index (χ4v) is 2.19. The highest BCUT2D eigenvalue weighted by atomic mass is 79.9. The molecule has 2 aromatic carbocycles. The summed E-state index contributed by atoms with van der Waals surface area (Å²) in [7, 11) is 0. The summed E-state index contributed by atoms with van der Waals surface area (Å²) in [4.78, 5) is 12.1. The van der Waals surface area contributed by atoms with Gasteiger partial charge in [-0.25, -0.2) is 0 Å². The lowest BCUT2D eigenvalue weighted by Gasteiger charge is -2.07. The van der Waals surface area contributed by atoms with Crippen LogP contribution in [0.25, 0.3) is 0 Å². The number of rotatable bonds is 4. The second-order valence-corrected chi connectivity index (χ2v) is 5.84. The molecule has 1 amide bonds. The first-order valence-electron chi connectivity index (χ1n) is 6.48. The molecule has 2 rings (SSSR count). The van der Waals surface area contributed by atoms with Crippen molar-refractivity contribution in [3.8, 4) is 6.07 Å². The zero-order valence-corrected chi connectivity index (χ0v) is 14.1. The molecule has 5 nitrogen and oxygen atoms in total. The molecule has 0 aliphatic heterocycles. The molecule has 0 saturated carbocycles. The Morgan fingerprint density at radius 2 is 1.96 bits per heavy atom. The van der Waals surface area contributed by atoms with E-state index in [2.05, 4.69) is 26.6 Å².